The van der Waals surface area contributed by atoms with Crippen LogP contribution in [-0.4, -0.2) is 12.7 Å². The number of ether oxygens (including phenoxy) is 2. The van der Waals surface area contributed by atoms with Crippen LogP contribution in [0.3, 0.4) is 0 Å². The average molecular weight is 293 g/mol. The summed E-state index contributed by atoms with van der Waals surface area (Å²) in [5.74, 6) is 1.22. The molecule has 0 aliphatic rings. The van der Waals surface area contributed by atoms with E-state index in [1.807, 2.05) is 0 Å². The number of unbranched alkanes of at least 4 members (excludes halogenated alkanes) is 7. The number of carbonyl (C=O) groups is 1. The summed E-state index contributed by atoms with van der Waals surface area (Å²) in [5, 5.41) is 0. The van der Waals surface area contributed by atoms with Gasteiger partial charge in [-0.1, -0.05) is 51.9 Å². The Morgan fingerprint density at radius 2 is 1.43 bits per heavy atom. The highest BCUT2D eigenvalue weighted by atomic mass is 16.5. The molecule has 0 aliphatic heterocycles. The number of amides is 1. The first-order valence-electron chi connectivity index (χ1n) is 7.92. The van der Waals surface area contributed by atoms with Crippen molar-refractivity contribution in [3.63, 3.8) is 0 Å². The predicted molar refractivity (Wildman–Crippen MR) is 84.8 cm³/mol. The Balaban J connectivity index is 2.03. The summed E-state index contributed by atoms with van der Waals surface area (Å²) in [6.07, 6.45) is 9.50. The summed E-state index contributed by atoms with van der Waals surface area (Å²) < 4.78 is 10.4. The lowest BCUT2D eigenvalue weighted by Gasteiger charge is -2.07. The van der Waals surface area contributed by atoms with Crippen LogP contribution >= 0.6 is 0 Å². The van der Waals surface area contributed by atoms with Crippen molar-refractivity contribution in [3.8, 4) is 11.5 Å². The summed E-state index contributed by atoms with van der Waals surface area (Å²) in [7, 11) is 0. The fourth-order valence-corrected chi connectivity index (χ4v) is 2.15. The van der Waals surface area contributed by atoms with E-state index in [-0.39, 0.29) is 0 Å². The topological polar surface area (TPSA) is 61.6 Å². The highest BCUT2D eigenvalue weighted by molar-refractivity contribution is 5.68. The maximum absolute atomic E-state index is 10.6. The molecule has 0 bridgehead atoms. The fourth-order valence-electron chi connectivity index (χ4n) is 2.15. The summed E-state index contributed by atoms with van der Waals surface area (Å²) in [4.78, 5) is 10.6. The molecule has 1 rings (SSSR count). The van der Waals surface area contributed by atoms with Gasteiger partial charge in [0.2, 0.25) is 0 Å². The van der Waals surface area contributed by atoms with Crippen LogP contribution in [0, 0.1) is 0 Å². The lowest BCUT2D eigenvalue weighted by Crippen LogP contribution is -2.16. The van der Waals surface area contributed by atoms with Crippen LogP contribution in [-0.2, 0) is 0 Å². The first kappa shape index (κ1) is 17.3. The molecule has 0 radical (unpaired) electrons. The van der Waals surface area contributed by atoms with E-state index in [0.29, 0.717) is 5.75 Å². The quantitative estimate of drug-likeness (QED) is 0.603. The summed E-state index contributed by atoms with van der Waals surface area (Å²) in [6, 6.07) is 6.91. The largest absolute Gasteiger partial charge is 0.494 e. The second kappa shape index (κ2) is 11.0. The highest BCUT2D eigenvalue weighted by Gasteiger charge is 1.99. The maximum atomic E-state index is 10.6. The molecule has 1 amide bonds. The molecule has 0 unspecified atom stereocenters. The number of nitrogens with two attached hydrogens (primary N) is 1. The van der Waals surface area contributed by atoms with Gasteiger partial charge in [-0.3, -0.25) is 0 Å². The molecule has 0 aliphatic carbocycles. The van der Waals surface area contributed by atoms with Crippen molar-refractivity contribution in [1.82, 2.24) is 0 Å². The molecule has 0 saturated carbocycles. The van der Waals surface area contributed by atoms with Gasteiger partial charge in [0.25, 0.3) is 0 Å². The molecule has 1 aromatic rings. The Bertz CT molecular complexity index is 390. The molecule has 0 atom stereocenters. The second-order valence-corrected chi connectivity index (χ2v) is 5.22. The van der Waals surface area contributed by atoms with E-state index in [9.17, 15) is 4.79 Å². The zero-order valence-electron chi connectivity index (χ0n) is 13.0. The van der Waals surface area contributed by atoms with Crippen LogP contribution < -0.4 is 15.2 Å². The van der Waals surface area contributed by atoms with Gasteiger partial charge in [-0.25, -0.2) is 4.79 Å². The van der Waals surface area contributed by atoms with Gasteiger partial charge in [-0.15, -0.1) is 0 Å². The van der Waals surface area contributed by atoms with Crippen LogP contribution in [0.5, 0.6) is 11.5 Å². The smallest absolute Gasteiger partial charge is 0.409 e. The Morgan fingerprint density at radius 3 is 2.00 bits per heavy atom. The van der Waals surface area contributed by atoms with Crippen molar-refractivity contribution in [2.45, 2.75) is 58.3 Å². The Kier molecular flexibility index (Phi) is 9.09. The summed E-state index contributed by atoms with van der Waals surface area (Å²) in [6.45, 7) is 2.97. The van der Waals surface area contributed by atoms with Gasteiger partial charge in [-0.05, 0) is 30.7 Å². The zero-order valence-corrected chi connectivity index (χ0v) is 13.0. The van der Waals surface area contributed by atoms with Crippen LogP contribution in [0.15, 0.2) is 24.3 Å². The molecular weight excluding hydrogens is 266 g/mol. The first-order valence-corrected chi connectivity index (χ1v) is 7.92. The number of primary amides is 1. The van der Waals surface area contributed by atoms with Crippen molar-refractivity contribution in [2.75, 3.05) is 6.61 Å². The van der Waals surface area contributed by atoms with Gasteiger partial charge >= 0.3 is 6.09 Å². The van der Waals surface area contributed by atoms with Gasteiger partial charge in [0.15, 0.2) is 0 Å². The number of hydrogen-bond donors (Lipinski definition) is 1. The molecule has 4 heteroatoms. The van der Waals surface area contributed by atoms with Crippen molar-refractivity contribution < 1.29 is 14.3 Å². The molecule has 2 N–H and O–H groups in total. The van der Waals surface area contributed by atoms with E-state index >= 15 is 0 Å². The molecule has 0 heterocycles. The molecule has 0 fully saturated rings. The van der Waals surface area contributed by atoms with Crippen LogP contribution in [0.4, 0.5) is 4.79 Å². The lowest BCUT2D eigenvalue weighted by atomic mass is 10.1. The van der Waals surface area contributed by atoms with E-state index in [1.165, 1.54) is 44.9 Å². The highest BCUT2D eigenvalue weighted by Crippen LogP contribution is 2.18. The van der Waals surface area contributed by atoms with Crippen LogP contribution in [0.2, 0.25) is 0 Å². The normalized spacial score (nSPS) is 10.3. The molecule has 4 nitrogen and oxygen atoms in total. The maximum Gasteiger partial charge on any atom is 0.409 e. The number of benzene rings is 1. The van der Waals surface area contributed by atoms with Gasteiger partial charge < -0.3 is 15.2 Å². The van der Waals surface area contributed by atoms with Crippen molar-refractivity contribution in [3.05, 3.63) is 24.3 Å². The van der Waals surface area contributed by atoms with Crippen molar-refractivity contribution in [1.29, 1.82) is 0 Å². The van der Waals surface area contributed by atoms with Crippen LogP contribution in [0.25, 0.3) is 0 Å². The summed E-state index contributed by atoms with van der Waals surface area (Å²) >= 11 is 0. The Hall–Kier alpha value is -1.71. The van der Waals surface area contributed by atoms with E-state index in [2.05, 4.69) is 6.92 Å². The molecule has 21 heavy (non-hydrogen) atoms. The molecule has 0 saturated heterocycles. The molecule has 0 spiro atoms. The first-order chi connectivity index (χ1) is 10.2. The third-order valence-corrected chi connectivity index (χ3v) is 3.31. The monoisotopic (exact) mass is 293 g/mol. The Labute approximate surface area is 127 Å². The van der Waals surface area contributed by atoms with Gasteiger partial charge in [0.05, 0.1) is 6.61 Å². The predicted octanol–water partition coefficient (Wildman–Crippen LogP) is 4.66. The van der Waals surface area contributed by atoms with Crippen molar-refractivity contribution >= 4 is 6.09 Å². The van der Waals surface area contributed by atoms with E-state index in [0.717, 1.165) is 18.8 Å². The van der Waals surface area contributed by atoms with Gasteiger partial charge in [0, 0.05) is 0 Å². The third kappa shape index (κ3) is 8.95. The summed E-state index contributed by atoms with van der Waals surface area (Å²) in [5.41, 5.74) is 4.94. The standard InChI is InChI=1S/C17H27NO3/c1-2-3-4-5-6-7-8-9-14-20-15-10-12-16(13-11-15)21-17(18)19/h10-13H,2-9,14H2,1H3,(H2,18,19). The van der Waals surface area contributed by atoms with E-state index in [4.69, 9.17) is 15.2 Å². The number of rotatable bonds is 11. The molecule has 0 aromatic heterocycles. The minimum atomic E-state index is -0.803. The van der Waals surface area contributed by atoms with Gasteiger partial charge in [-0.2, -0.15) is 0 Å². The molecule has 1 aromatic carbocycles. The SMILES string of the molecule is CCCCCCCCCCOc1ccc(OC(N)=O)cc1. The number of hydrogen-bond acceptors (Lipinski definition) is 3. The van der Waals surface area contributed by atoms with Crippen molar-refractivity contribution in [2.24, 2.45) is 5.73 Å². The van der Waals surface area contributed by atoms with Crippen LogP contribution in [0.1, 0.15) is 58.3 Å². The average Bonchev–Trinajstić information content (AvgIpc) is 2.47. The number of carbonyl (C=O) groups excluding carboxylic acids is 1. The molecular formula is C17H27NO3. The zero-order chi connectivity index (χ0) is 15.3. The Morgan fingerprint density at radius 1 is 0.905 bits per heavy atom. The lowest BCUT2D eigenvalue weighted by molar-refractivity contribution is 0.210. The molecule has 118 valence electrons. The second-order valence-electron chi connectivity index (χ2n) is 5.22. The third-order valence-electron chi connectivity index (χ3n) is 3.31. The minimum Gasteiger partial charge on any atom is -0.494 e. The van der Waals surface area contributed by atoms with E-state index < -0.39 is 6.09 Å². The van der Waals surface area contributed by atoms with E-state index in [1.54, 1.807) is 24.3 Å². The minimum absolute atomic E-state index is 0.432. The van der Waals surface area contributed by atoms with Gasteiger partial charge in [0.1, 0.15) is 11.5 Å². The fraction of sp³-hybridized carbons (Fsp3) is 0.588.